The van der Waals surface area contributed by atoms with Crippen molar-refractivity contribution in [3.05, 3.63) is 35.1 Å². The van der Waals surface area contributed by atoms with Gasteiger partial charge in [0.2, 0.25) is 0 Å². The number of hydrogen-bond acceptors (Lipinski definition) is 1. The first kappa shape index (κ1) is 15.3. The number of nitrogens with one attached hydrogen (secondary N) is 1. The lowest BCUT2D eigenvalue weighted by Crippen LogP contribution is -2.31. The Morgan fingerprint density at radius 3 is 2.50 bits per heavy atom. The van der Waals surface area contributed by atoms with E-state index in [-0.39, 0.29) is 6.04 Å². The lowest BCUT2D eigenvalue weighted by molar-refractivity contribution is -0.140. The molecule has 1 N–H and O–H groups in total. The first-order valence-electron chi connectivity index (χ1n) is 6.97. The van der Waals surface area contributed by atoms with Crippen LogP contribution < -0.4 is 5.32 Å². The number of alkyl halides is 3. The van der Waals surface area contributed by atoms with Crippen molar-refractivity contribution in [1.82, 2.24) is 5.32 Å². The average Bonchev–Trinajstić information content (AvgIpc) is 2.90. The van der Waals surface area contributed by atoms with Gasteiger partial charge in [-0.1, -0.05) is 18.9 Å². The molecule has 5 heteroatoms. The van der Waals surface area contributed by atoms with Crippen LogP contribution in [0.5, 0.6) is 0 Å². The van der Waals surface area contributed by atoms with Crippen LogP contribution in [0.3, 0.4) is 0 Å². The maximum Gasteiger partial charge on any atom is 0.419 e. The number of halogens is 4. The van der Waals surface area contributed by atoms with E-state index in [1.54, 1.807) is 0 Å². The summed E-state index contributed by atoms with van der Waals surface area (Å²) in [5.74, 6) is -0.623. The molecule has 1 aliphatic carbocycles. The van der Waals surface area contributed by atoms with Crippen LogP contribution in [-0.4, -0.2) is 6.04 Å². The van der Waals surface area contributed by atoms with E-state index in [0.717, 1.165) is 12.1 Å². The first-order valence-corrected chi connectivity index (χ1v) is 6.97. The molecule has 0 aliphatic heterocycles. The average molecular weight is 289 g/mol. The number of rotatable bonds is 4. The van der Waals surface area contributed by atoms with Crippen LogP contribution in [0, 0.1) is 11.7 Å². The molecule has 0 spiro atoms. The van der Waals surface area contributed by atoms with Gasteiger partial charge in [0.05, 0.1) is 5.56 Å². The van der Waals surface area contributed by atoms with Crippen LogP contribution in [0.15, 0.2) is 18.2 Å². The Bertz CT molecular complexity index is 450. The minimum atomic E-state index is -4.64. The van der Waals surface area contributed by atoms with Crippen molar-refractivity contribution in [3.8, 4) is 0 Å². The van der Waals surface area contributed by atoms with Crippen molar-refractivity contribution >= 4 is 0 Å². The zero-order chi connectivity index (χ0) is 14.8. The molecule has 1 atom stereocenters. The minimum Gasteiger partial charge on any atom is -0.310 e. The molecule has 1 unspecified atom stereocenters. The maximum absolute atomic E-state index is 13.2. The van der Waals surface area contributed by atoms with Gasteiger partial charge in [-0.3, -0.25) is 0 Å². The second-order valence-corrected chi connectivity index (χ2v) is 5.53. The van der Waals surface area contributed by atoms with Crippen LogP contribution in [-0.2, 0) is 12.7 Å². The van der Waals surface area contributed by atoms with Gasteiger partial charge in [0.25, 0.3) is 0 Å². The van der Waals surface area contributed by atoms with Crippen LogP contribution >= 0.6 is 0 Å². The van der Waals surface area contributed by atoms with Gasteiger partial charge in [0.15, 0.2) is 0 Å². The molecule has 0 saturated heterocycles. The molecular weight excluding hydrogens is 270 g/mol. The zero-order valence-corrected chi connectivity index (χ0v) is 11.4. The Kier molecular flexibility index (Phi) is 4.68. The molecule has 20 heavy (non-hydrogen) atoms. The van der Waals surface area contributed by atoms with Gasteiger partial charge in [-0.25, -0.2) is 4.39 Å². The number of benzene rings is 1. The minimum absolute atomic E-state index is 0.275. The number of hydrogen-bond donors (Lipinski definition) is 1. The third-order valence-electron chi connectivity index (χ3n) is 4.07. The lowest BCUT2D eigenvalue weighted by atomic mass is 9.99. The quantitative estimate of drug-likeness (QED) is 0.804. The van der Waals surface area contributed by atoms with Crippen molar-refractivity contribution in [1.29, 1.82) is 0 Å². The van der Waals surface area contributed by atoms with Gasteiger partial charge in [0, 0.05) is 12.6 Å². The van der Waals surface area contributed by atoms with E-state index in [1.807, 2.05) is 0 Å². The summed E-state index contributed by atoms with van der Waals surface area (Å²) in [7, 11) is 0. The lowest BCUT2D eigenvalue weighted by Gasteiger charge is -2.20. The molecular formula is C15H19F4N. The van der Waals surface area contributed by atoms with E-state index in [0.29, 0.717) is 18.0 Å². The summed E-state index contributed by atoms with van der Waals surface area (Å²) in [6, 6.07) is 3.46. The Morgan fingerprint density at radius 2 is 1.90 bits per heavy atom. The first-order chi connectivity index (χ1) is 9.38. The van der Waals surface area contributed by atoms with Crippen molar-refractivity contribution in [2.24, 2.45) is 5.92 Å². The van der Waals surface area contributed by atoms with Crippen molar-refractivity contribution in [3.63, 3.8) is 0 Å². The molecule has 1 fully saturated rings. The Morgan fingerprint density at radius 1 is 1.25 bits per heavy atom. The molecule has 2 rings (SSSR count). The molecule has 1 aromatic rings. The van der Waals surface area contributed by atoms with Crippen molar-refractivity contribution < 1.29 is 17.6 Å². The molecule has 1 aromatic carbocycles. The van der Waals surface area contributed by atoms with Crippen LogP contribution in [0.4, 0.5) is 17.6 Å². The third kappa shape index (κ3) is 3.72. The smallest absolute Gasteiger partial charge is 0.310 e. The van der Waals surface area contributed by atoms with Gasteiger partial charge in [0.1, 0.15) is 5.82 Å². The summed E-state index contributed by atoms with van der Waals surface area (Å²) in [5, 5.41) is 3.25. The highest BCUT2D eigenvalue weighted by Crippen LogP contribution is 2.32. The van der Waals surface area contributed by atoms with E-state index >= 15 is 0 Å². The molecule has 1 aliphatic rings. The van der Waals surface area contributed by atoms with Gasteiger partial charge in [-0.05, 0) is 43.4 Å². The van der Waals surface area contributed by atoms with Crippen molar-refractivity contribution in [2.45, 2.75) is 51.4 Å². The van der Waals surface area contributed by atoms with Crippen LogP contribution in [0.1, 0.15) is 43.7 Å². The van der Waals surface area contributed by atoms with Gasteiger partial charge < -0.3 is 5.32 Å². The Balaban J connectivity index is 1.99. The molecule has 0 aromatic heterocycles. The van der Waals surface area contributed by atoms with Crippen LogP contribution in [0.25, 0.3) is 0 Å². The monoisotopic (exact) mass is 289 g/mol. The Hall–Kier alpha value is -1.10. The summed E-state index contributed by atoms with van der Waals surface area (Å²) >= 11 is 0. The molecule has 112 valence electrons. The van der Waals surface area contributed by atoms with Crippen LogP contribution in [0.2, 0.25) is 0 Å². The predicted octanol–water partition coefficient (Wildman–Crippen LogP) is 4.51. The fourth-order valence-corrected chi connectivity index (χ4v) is 2.80. The van der Waals surface area contributed by atoms with E-state index < -0.39 is 17.6 Å². The summed E-state index contributed by atoms with van der Waals surface area (Å²) < 4.78 is 51.0. The molecule has 1 saturated carbocycles. The molecule has 1 nitrogen and oxygen atoms in total. The topological polar surface area (TPSA) is 12.0 Å². The summed E-state index contributed by atoms with van der Waals surface area (Å²) in [5.41, 5.74) is -0.728. The summed E-state index contributed by atoms with van der Waals surface area (Å²) in [6.07, 6.45) is 0.158. The largest absolute Gasteiger partial charge is 0.419 e. The fourth-order valence-electron chi connectivity index (χ4n) is 2.80. The van der Waals surface area contributed by atoms with Gasteiger partial charge in [-0.2, -0.15) is 13.2 Å². The molecule has 0 bridgehead atoms. The third-order valence-corrected chi connectivity index (χ3v) is 4.07. The highest BCUT2D eigenvalue weighted by molar-refractivity contribution is 5.27. The zero-order valence-electron chi connectivity index (χ0n) is 11.4. The SMILES string of the molecule is CC(NCc1ccc(F)c(C(F)(F)F)c1)C1CCCC1. The normalized spacial score (nSPS) is 18.4. The van der Waals surface area contributed by atoms with Gasteiger partial charge >= 0.3 is 6.18 Å². The van der Waals surface area contributed by atoms with E-state index in [4.69, 9.17) is 0 Å². The van der Waals surface area contributed by atoms with Gasteiger partial charge in [-0.15, -0.1) is 0 Å². The second-order valence-electron chi connectivity index (χ2n) is 5.53. The summed E-state index contributed by atoms with van der Waals surface area (Å²) in [6.45, 7) is 2.39. The van der Waals surface area contributed by atoms with E-state index in [9.17, 15) is 17.6 Å². The maximum atomic E-state index is 13.2. The van der Waals surface area contributed by atoms with E-state index in [1.165, 1.54) is 31.7 Å². The molecule has 0 amide bonds. The predicted molar refractivity (Wildman–Crippen MR) is 69.7 cm³/mol. The fraction of sp³-hybridized carbons (Fsp3) is 0.600. The highest BCUT2D eigenvalue weighted by Gasteiger charge is 2.34. The Labute approximate surface area is 116 Å². The van der Waals surface area contributed by atoms with Crippen molar-refractivity contribution in [2.75, 3.05) is 0 Å². The standard InChI is InChI=1S/C15H19F4N/c1-10(12-4-2-3-5-12)20-9-11-6-7-14(16)13(8-11)15(17,18)19/h6-8,10,12,20H,2-5,9H2,1H3. The summed E-state index contributed by atoms with van der Waals surface area (Å²) in [4.78, 5) is 0. The molecule has 0 radical (unpaired) electrons. The van der Waals surface area contributed by atoms with E-state index in [2.05, 4.69) is 12.2 Å². The second kappa shape index (κ2) is 6.12. The molecule has 0 heterocycles. The highest BCUT2D eigenvalue weighted by atomic mass is 19.4.